The molecule has 2 fully saturated rings. The Morgan fingerprint density at radius 3 is 2.73 bits per heavy atom. The van der Waals surface area contributed by atoms with Crippen LogP contribution in [0.5, 0.6) is 0 Å². The van der Waals surface area contributed by atoms with E-state index in [0.717, 1.165) is 49.3 Å². The van der Waals surface area contributed by atoms with E-state index in [1.807, 2.05) is 29.2 Å². The Bertz CT molecular complexity index is 951. The third-order valence-corrected chi connectivity index (χ3v) is 7.59. The zero-order valence-electron chi connectivity index (χ0n) is 19.7. The summed E-state index contributed by atoms with van der Waals surface area (Å²) in [6.07, 6.45) is 8.53. The third kappa shape index (κ3) is 6.30. The number of rotatable bonds is 8. The van der Waals surface area contributed by atoms with E-state index >= 15 is 0 Å². The van der Waals surface area contributed by atoms with Gasteiger partial charge in [0.15, 0.2) is 0 Å². The summed E-state index contributed by atoms with van der Waals surface area (Å²) in [6.45, 7) is 6.71. The van der Waals surface area contributed by atoms with Gasteiger partial charge >= 0.3 is 0 Å². The standard InChI is InChI=1S/C26H37ClN4O2/c1-2-22-6-3-4-12-30(22)13-5-11-28-25(32)16-19-9-14-31(15-10-19)26(33)24-18-20-17-21(27)7-8-23(20)29-24/h7-8,17-19,22,29H,2-6,9-16H2,1H3,(H,28,32)/t22-/m1/s1. The summed E-state index contributed by atoms with van der Waals surface area (Å²) in [5.74, 6) is 0.522. The van der Waals surface area contributed by atoms with Crippen molar-refractivity contribution in [3.05, 3.63) is 35.0 Å². The van der Waals surface area contributed by atoms with Gasteiger partial charge in [0.2, 0.25) is 5.91 Å². The smallest absolute Gasteiger partial charge is 0.270 e. The van der Waals surface area contributed by atoms with Gasteiger partial charge in [0.05, 0.1) is 0 Å². The van der Waals surface area contributed by atoms with Crippen LogP contribution in [0.1, 0.15) is 68.8 Å². The molecule has 6 nitrogen and oxygen atoms in total. The molecule has 180 valence electrons. The van der Waals surface area contributed by atoms with Crippen LogP contribution in [0.15, 0.2) is 24.3 Å². The first-order chi connectivity index (χ1) is 16.0. The summed E-state index contributed by atoms with van der Waals surface area (Å²) >= 11 is 6.06. The van der Waals surface area contributed by atoms with Crippen LogP contribution in [0.2, 0.25) is 5.02 Å². The van der Waals surface area contributed by atoms with Crippen molar-refractivity contribution in [2.24, 2.45) is 5.92 Å². The summed E-state index contributed by atoms with van der Waals surface area (Å²) in [5.41, 5.74) is 1.52. The molecule has 0 saturated carbocycles. The molecule has 1 atom stereocenters. The van der Waals surface area contributed by atoms with Crippen LogP contribution in [-0.2, 0) is 4.79 Å². The van der Waals surface area contributed by atoms with Crippen LogP contribution in [-0.4, -0.2) is 65.4 Å². The second-order valence-electron chi connectivity index (χ2n) is 9.65. The minimum atomic E-state index is 0.0216. The first-order valence-corrected chi connectivity index (χ1v) is 13.0. The number of carbonyl (C=O) groups excluding carboxylic acids is 2. The Morgan fingerprint density at radius 1 is 1.12 bits per heavy atom. The molecule has 0 aliphatic carbocycles. The molecule has 4 rings (SSSR count). The minimum Gasteiger partial charge on any atom is -0.356 e. The maximum atomic E-state index is 12.9. The molecular formula is C26H37ClN4O2. The van der Waals surface area contributed by atoms with Crippen molar-refractivity contribution in [1.82, 2.24) is 20.1 Å². The molecule has 0 radical (unpaired) electrons. The minimum absolute atomic E-state index is 0.0216. The summed E-state index contributed by atoms with van der Waals surface area (Å²) in [5, 5.41) is 4.73. The van der Waals surface area contributed by atoms with Gasteiger partial charge in [-0.1, -0.05) is 24.9 Å². The van der Waals surface area contributed by atoms with Gasteiger partial charge in [0, 0.05) is 54.6 Å². The topological polar surface area (TPSA) is 68.4 Å². The Kier molecular flexibility index (Phi) is 8.31. The van der Waals surface area contributed by atoms with E-state index in [1.54, 1.807) is 0 Å². The van der Waals surface area contributed by atoms with E-state index in [0.29, 0.717) is 36.1 Å². The van der Waals surface area contributed by atoms with Gasteiger partial charge in [0.25, 0.3) is 5.91 Å². The molecule has 2 aliphatic rings. The lowest BCUT2D eigenvalue weighted by Crippen LogP contribution is -2.41. The SMILES string of the molecule is CC[C@@H]1CCCCN1CCCNC(=O)CC1CCN(C(=O)c2cc3cc(Cl)ccc3[nH]2)CC1. The predicted molar refractivity (Wildman–Crippen MR) is 134 cm³/mol. The van der Waals surface area contributed by atoms with Gasteiger partial charge in [-0.3, -0.25) is 9.59 Å². The average molecular weight is 473 g/mol. The number of nitrogens with one attached hydrogen (secondary N) is 2. The summed E-state index contributed by atoms with van der Waals surface area (Å²) in [7, 11) is 0. The molecule has 0 unspecified atom stereocenters. The largest absolute Gasteiger partial charge is 0.356 e. The number of fused-ring (bicyclic) bond motifs is 1. The molecule has 0 bridgehead atoms. The summed E-state index contributed by atoms with van der Waals surface area (Å²) in [4.78, 5) is 33.0. The van der Waals surface area contributed by atoms with E-state index in [1.165, 1.54) is 32.2 Å². The molecule has 2 aromatic rings. The number of carbonyl (C=O) groups is 2. The number of H-pyrrole nitrogens is 1. The number of amides is 2. The van der Waals surface area contributed by atoms with Crippen molar-refractivity contribution in [3.63, 3.8) is 0 Å². The van der Waals surface area contributed by atoms with Crippen LogP contribution in [0.3, 0.4) is 0 Å². The van der Waals surface area contributed by atoms with Gasteiger partial charge in [-0.25, -0.2) is 0 Å². The van der Waals surface area contributed by atoms with E-state index in [2.05, 4.69) is 22.1 Å². The molecule has 0 spiro atoms. The highest BCUT2D eigenvalue weighted by Gasteiger charge is 2.26. The number of aromatic amines is 1. The van der Waals surface area contributed by atoms with Gasteiger partial charge < -0.3 is 20.1 Å². The van der Waals surface area contributed by atoms with E-state index in [4.69, 9.17) is 11.6 Å². The van der Waals surface area contributed by atoms with Crippen LogP contribution in [0.25, 0.3) is 10.9 Å². The number of piperidine rings is 2. The Hall–Kier alpha value is -2.05. The highest BCUT2D eigenvalue weighted by molar-refractivity contribution is 6.31. The van der Waals surface area contributed by atoms with E-state index in [9.17, 15) is 9.59 Å². The number of benzene rings is 1. The van der Waals surface area contributed by atoms with Crippen LogP contribution < -0.4 is 5.32 Å². The molecule has 3 heterocycles. The average Bonchev–Trinajstić information content (AvgIpc) is 3.25. The second-order valence-corrected chi connectivity index (χ2v) is 10.1. The number of hydrogen-bond acceptors (Lipinski definition) is 3. The molecule has 2 amide bonds. The zero-order chi connectivity index (χ0) is 23.2. The highest BCUT2D eigenvalue weighted by atomic mass is 35.5. The van der Waals surface area contributed by atoms with Crippen molar-refractivity contribution >= 4 is 34.3 Å². The lowest BCUT2D eigenvalue weighted by atomic mass is 9.93. The summed E-state index contributed by atoms with van der Waals surface area (Å²) < 4.78 is 0. The van der Waals surface area contributed by atoms with Gasteiger partial charge in [-0.15, -0.1) is 0 Å². The molecule has 2 saturated heterocycles. The zero-order valence-corrected chi connectivity index (χ0v) is 20.5. The van der Waals surface area contributed by atoms with Crippen molar-refractivity contribution in [1.29, 1.82) is 0 Å². The monoisotopic (exact) mass is 472 g/mol. The Balaban J connectivity index is 1.16. The van der Waals surface area contributed by atoms with Crippen molar-refractivity contribution in [3.8, 4) is 0 Å². The van der Waals surface area contributed by atoms with E-state index in [-0.39, 0.29) is 11.8 Å². The van der Waals surface area contributed by atoms with Gasteiger partial charge in [0.1, 0.15) is 5.69 Å². The Labute approximate surface area is 202 Å². The number of halogens is 1. The maximum absolute atomic E-state index is 12.9. The fraction of sp³-hybridized carbons (Fsp3) is 0.615. The first-order valence-electron chi connectivity index (χ1n) is 12.6. The van der Waals surface area contributed by atoms with Gasteiger partial charge in [-0.2, -0.15) is 0 Å². The maximum Gasteiger partial charge on any atom is 0.270 e. The molecule has 33 heavy (non-hydrogen) atoms. The lowest BCUT2D eigenvalue weighted by Gasteiger charge is -2.35. The fourth-order valence-electron chi connectivity index (χ4n) is 5.39. The van der Waals surface area contributed by atoms with Crippen LogP contribution in [0.4, 0.5) is 0 Å². The van der Waals surface area contributed by atoms with Crippen molar-refractivity contribution in [2.75, 3.05) is 32.7 Å². The van der Waals surface area contributed by atoms with Crippen LogP contribution >= 0.6 is 11.6 Å². The molecule has 2 N–H and O–H groups in total. The normalized spacial score (nSPS) is 20.3. The van der Waals surface area contributed by atoms with Crippen molar-refractivity contribution < 1.29 is 9.59 Å². The third-order valence-electron chi connectivity index (χ3n) is 7.35. The molecule has 7 heteroatoms. The quantitative estimate of drug-likeness (QED) is 0.540. The molecule has 1 aromatic carbocycles. The fourth-order valence-corrected chi connectivity index (χ4v) is 5.57. The van der Waals surface area contributed by atoms with Crippen molar-refractivity contribution in [2.45, 2.75) is 64.3 Å². The Morgan fingerprint density at radius 2 is 1.94 bits per heavy atom. The highest BCUT2D eigenvalue weighted by Crippen LogP contribution is 2.24. The van der Waals surface area contributed by atoms with Gasteiger partial charge in [-0.05, 0) is 75.3 Å². The second kappa shape index (κ2) is 11.4. The number of likely N-dealkylation sites (tertiary alicyclic amines) is 2. The molecular weight excluding hydrogens is 436 g/mol. The van der Waals surface area contributed by atoms with Crippen LogP contribution in [0, 0.1) is 5.92 Å². The lowest BCUT2D eigenvalue weighted by molar-refractivity contribution is -0.122. The predicted octanol–water partition coefficient (Wildman–Crippen LogP) is 4.83. The first kappa shape index (κ1) is 24.1. The summed E-state index contributed by atoms with van der Waals surface area (Å²) in [6, 6.07) is 8.18. The van der Waals surface area contributed by atoms with E-state index < -0.39 is 0 Å². The molecule has 1 aromatic heterocycles. The molecule has 2 aliphatic heterocycles. The number of nitrogens with zero attached hydrogens (tertiary/aromatic N) is 2. The number of hydrogen-bond donors (Lipinski definition) is 2. The number of aromatic nitrogens is 1.